The van der Waals surface area contributed by atoms with E-state index >= 15 is 0 Å². The zero-order chi connectivity index (χ0) is 10.5. The minimum Gasteiger partial charge on any atom is -0.323 e. The van der Waals surface area contributed by atoms with Crippen LogP contribution in [0.25, 0.3) is 0 Å². The first-order valence-electron chi connectivity index (χ1n) is 4.60. The molecule has 3 atom stereocenters. The summed E-state index contributed by atoms with van der Waals surface area (Å²) in [7, 11) is 0. The van der Waals surface area contributed by atoms with Gasteiger partial charge in [-0.15, -0.1) is 11.3 Å². The molecule has 0 aliphatic heterocycles. The average Bonchev–Trinajstić information content (AvgIpc) is 2.54. The molecule has 14 heavy (non-hydrogen) atoms. The van der Waals surface area contributed by atoms with Crippen molar-refractivity contribution in [1.29, 1.82) is 0 Å². The van der Waals surface area contributed by atoms with Crippen molar-refractivity contribution in [2.45, 2.75) is 32.5 Å². The van der Waals surface area contributed by atoms with E-state index in [0.717, 1.165) is 9.35 Å². The standard InChI is InChI=1S/C10H13BrFNS/c1-5-3-6(11)8(14-5)9(13)10(2)4-7(10)12/h3,7,9H,4,13H2,1-2H3. The molecule has 0 radical (unpaired) electrons. The lowest BCUT2D eigenvalue weighted by molar-refractivity contribution is 0.334. The molecule has 3 unspecified atom stereocenters. The van der Waals surface area contributed by atoms with Crippen LogP contribution in [0.5, 0.6) is 0 Å². The van der Waals surface area contributed by atoms with Gasteiger partial charge in [-0.25, -0.2) is 4.39 Å². The quantitative estimate of drug-likeness (QED) is 0.879. The molecule has 0 spiro atoms. The number of hydrogen-bond donors (Lipinski definition) is 1. The lowest BCUT2D eigenvalue weighted by Crippen LogP contribution is -2.21. The third kappa shape index (κ3) is 1.53. The van der Waals surface area contributed by atoms with Gasteiger partial charge in [0.15, 0.2) is 0 Å². The fourth-order valence-corrected chi connectivity index (χ4v) is 3.72. The Morgan fingerprint density at radius 2 is 2.36 bits per heavy atom. The van der Waals surface area contributed by atoms with E-state index in [1.165, 1.54) is 4.88 Å². The molecule has 0 saturated heterocycles. The molecule has 0 bridgehead atoms. The highest BCUT2D eigenvalue weighted by molar-refractivity contribution is 9.10. The molecule has 0 amide bonds. The van der Waals surface area contributed by atoms with E-state index in [9.17, 15) is 4.39 Å². The second-order valence-corrected chi connectivity index (χ2v) is 6.37. The van der Waals surface area contributed by atoms with Crippen molar-refractivity contribution in [3.63, 3.8) is 0 Å². The van der Waals surface area contributed by atoms with Crippen LogP contribution in [-0.2, 0) is 0 Å². The summed E-state index contributed by atoms with van der Waals surface area (Å²) in [5.41, 5.74) is 5.75. The fourth-order valence-electron chi connectivity index (χ4n) is 1.66. The van der Waals surface area contributed by atoms with Crippen LogP contribution in [0.4, 0.5) is 4.39 Å². The Hall–Kier alpha value is 0.0700. The molecular formula is C10H13BrFNS. The summed E-state index contributed by atoms with van der Waals surface area (Å²) < 4.78 is 14.2. The molecule has 1 aliphatic rings. The average molecular weight is 278 g/mol. The summed E-state index contributed by atoms with van der Waals surface area (Å²) in [5.74, 6) is 0. The molecule has 2 rings (SSSR count). The van der Waals surface area contributed by atoms with Gasteiger partial charge in [-0.3, -0.25) is 0 Å². The maximum Gasteiger partial charge on any atom is 0.108 e. The van der Waals surface area contributed by atoms with Gasteiger partial charge in [0.1, 0.15) is 6.17 Å². The number of alkyl halides is 1. The Balaban J connectivity index is 2.27. The van der Waals surface area contributed by atoms with Crippen molar-refractivity contribution < 1.29 is 4.39 Å². The van der Waals surface area contributed by atoms with E-state index in [1.54, 1.807) is 11.3 Å². The van der Waals surface area contributed by atoms with Crippen LogP contribution >= 0.6 is 27.3 Å². The molecule has 1 heterocycles. The number of thiophene rings is 1. The van der Waals surface area contributed by atoms with Crippen LogP contribution in [-0.4, -0.2) is 6.17 Å². The van der Waals surface area contributed by atoms with E-state index in [1.807, 2.05) is 19.9 Å². The van der Waals surface area contributed by atoms with Crippen molar-refractivity contribution in [2.24, 2.45) is 11.1 Å². The van der Waals surface area contributed by atoms with E-state index in [-0.39, 0.29) is 11.5 Å². The lowest BCUT2D eigenvalue weighted by atomic mass is 9.98. The van der Waals surface area contributed by atoms with E-state index < -0.39 is 6.17 Å². The van der Waals surface area contributed by atoms with E-state index in [2.05, 4.69) is 15.9 Å². The highest BCUT2D eigenvalue weighted by atomic mass is 79.9. The van der Waals surface area contributed by atoms with E-state index in [4.69, 9.17) is 5.73 Å². The van der Waals surface area contributed by atoms with Crippen LogP contribution in [0.15, 0.2) is 10.5 Å². The summed E-state index contributed by atoms with van der Waals surface area (Å²) >= 11 is 5.12. The van der Waals surface area contributed by atoms with Gasteiger partial charge in [-0.2, -0.15) is 0 Å². The Morgan fingerprint density at radius 3 is 2.71 bits per heavy atom. The minimum absolute atomic E-state index is 0.175. The van der Waals surface area contributed by atoms with Crippen molar-refractivity contribution in [3.05, 3.63) is 20.3 Å². The van der Waals surface area contributed by atoms with Gasteiger partial charge in [0, 0.05) is 25.7 Å². The Labute approximate surface area is 95.6 Å². The summed E-state index contributed by atoms with van der Waals surface area (Å²) in [5, 5.41) is 0. The summed E-state index contributed by atoms with van der Waals surface area (Å²) in [4.78, 5) is 2.28. The third-order valence-corrected chi connectivity index (χ3v) is 5.06. The smallest absolute Gasteiger partial charge is 0.108 e. The number of nitrogens with two attached hydrogens (primary N) is 1. The Kier molecular flexibility index (Phi) is 2.48. The fraction of sp³-hybridized carbons (Fsp3) is 0.600. The second-order valence-electron chi connectivity index (χ2n) is 4.22. The number of halogens is 2. The van der Waals surface area contributed by atoms with Gasteiger partial charge >= 0.3 is 0 Å². The zero-order valence-electron chi connectivity index (χ0n) is 8.18. The molecule has 1 aromatic heterocycles. The van der Waals surface area contributed by atoms with Crippen molar-refractivity contribution >= 4 is 27.3 Å². The van der Waals surface area contributed by atoms with Crippen LogP contribution < -0.4 is 5.73 Å². The van der Waals surface area contributed by atoms with Gasteiger partial charge in [-0.1, -0.05) is 6.92 Å². The van der Waals surface area contributed by atoms with Crippen molar-refractivity contribution in [1.82, 2.24) is 0 Å². The highest BCUT2D eigenvalue weighted by Gasteiger charge is 2.56. The highest BCUT2D eigenvalue weighted by Crippen LogP contribution is 2.57. The third-order valence-electron chi connectivity index (χ3n) is 3.00. The number of hydrogen-bond acceptors (Lipinski definition) is 2. The molecule has 1 nitrogen and oxygen atoms in total. The largest absolute Gasteiger partial charge is 0.323 e. The first kappa shape index (κ1) is 10.6. The molecule has 1 aromatic rings. The molecule has 2 N–H and O–H groups in total. The van der Waals surface area contributed by atoms with Gasteiger partial charge in [0.2, 0.25) is 0 Å². The molecule has 78 valence electrons. The Bertz CT molecular complexity index is 365. The molecule has 1 fully saturated rings. The SMILES string of the molecule is Cc1cc(Br)c(C(N)C2(C)CC2F)s1. The van der Waals surface area contributed by atoms with Crippen molar-refractivity contribution in [3.8, 4) is 0 Å². The lowest BCUT2D eigenvalue weighted by Gasteiger charge is -2.17. The van der Waals surface area contributed by atoms with Crippen LogP contribution in [0, 0.1) is 12.3 Å². The first-order chi connectivity index (χ1) is 6.45. The molecule has 1 aliphatic carbocycles. The summed E-state index contributed by atoms with van der Waals surface area (Å²) in [6.07, 6.45) is -0.135. The van der Waals surface area contributed by atoms with Gasteiger partial charge < -0.3 is 5.73 Å². The van der Waals surface area contributed by atoms with Crippen molar-refractivity contribution in [2.75, 3.05) is 0 Å². The van der Waals surface area contributed by atoms with Crippen LogP contribution in [0.2, 0.25) is 0 Å². The molecule has 0 aromatic carbocycles. The Morgan fingerprint density at radius 1 is 1.79 bits per heavy atom. The topological polar surface area (TPSA) is 26.0 Å². The maximum absolute atomic E-state index is 13.1. The van der Waals surface area contributed by atoms with Crippen LogP contribution in [0.3, 0.4) is 0 Å². The predicted octanol–water partition coefficient (Wildman–Crippen LogP) is 3.57. The summed E-state index contributed by atoms with van der Waals surface area (Å²) in [6, 6.07) is 1.87. The van der Waals surface area contributed by atoms with Gasteiger partial charge in [-0.05, 0) is 35.3 Å². The number of rotatable bonds is 2. The van der Waals surface area contributed by atoms with Crippen LogP contribution in [0.1, 0.15) is 29.1 Å². The number of aryl methyl sites for hydroxylation is 1. The van der Waals surface area contributed by atoms with Gasteiger partial charge in [0.25, 0.3) is 0 Å². The van der Waals surface area contributed by atoms with Gasteiger partial charge in [0.05, 0.1) is 0 Å². The van der Waals surface area contributed by atoms with E-state index in [0.29, 0.717) is 6.42 Å². The second kappa shape index (κ2) is 3.29. The minimum atomic E-state index is -0.730. The monoisotopic (exact) mass is 277 g/mol. The molecule has 1 saturated carbocycles. The maximum atomic E-state index is 13.1. The first-order valence-corrected chi connectivity index (χ1v) is 6.21. The predicted molar refractivity (Wildman–Crippen MR) is 61.3 cm³/mol. The molecular weight excluding hydrogens is 265 g/mol. The normalized spacial score (nSPS) is 33.1. The molecule has 4 heteroatoms. The zero-order valence-corrected chi connectivity index (χ0v) is 10.6. The summed E-state index contributed by atoms with van der Waals surface area (Å²) in [6.45, 7) is 3.96.